The summed E-state index contributed by atoms with van der Waals surface area (Å²) in [4.78, 5) is 0. The second kappa shape index (κ2) is 15.8. The van der Waals surface area contributed by atoms with Crippen LogP contribution in [0.1, 0.15) is 103 Å². The molecule has 0 aromatic heterocycles. The van der Waals surface area contributed by atoms with Gasteiger partial charge in [0.25, 0.3) is 0 Å². The van der Waals surface area contributed by atoms with Gasteiger partial charge >= 0.3 is 0 Å². The molecule has 3 nitrogen and oxygen atoms in total. The lowest BCUT2D eigenvalue weighted by Crippen LogP contribution is -2.35. The molecule has 5 N–H and O–H groups in total. The van der Waals surface area contributed by atoms with E-state index in [0.717, 1.165) is 12.8 Å². The van der Waals surface area contributed by atoms with Gasteiger partial charge in [-0.25, -0.2) is 0 Å². The molecule has 0 bridgehead atoms. The lowest BCUT2D eigenvalue weighted by atomic mass is 10.0. The fraction of sp³-hybridized carbons (Fsp3) is 0.944. The van der Waals surface area contributed by atoms with E-state index in [0.29, 0.717) is 0 Å². The molecule has 126 valence electrons. The second-order valence-electron chi connectivity index (χ2n) is 6.45. The number of hydrogen-bond donors (Lipinski definition) is 3. The van der Waals surface area contributed by atoms with Gasteiger partial charge in [0.1, 0.15) is 5.84 Å². The van der Waals surface area contributed by atoms with Gasteiger partial charge in [0.2, 0.25) is 0 Å². The Morgan fingerprint density at radius 3 is 1.38 bits per heavy atom. The highest BCUT2D eigenvalue weighted by molar-refractivity contribution is 5.82. The Morgan fingerprint density at radius 1 is 0.714 bits per heavy atom. The highest BCUT2D eigenvalue weighted by Crippen LogP contribution is 2.13. The number of nitrogens with one attached hydrogen (secondary N) is 1. The van der Waals surface area contributed by atoms with Gasteiger partial charge in [-0.15, -0.1) is 0 Å². The van der Waals surface area contributed by atoms with E-state index < -0.39 is 0 Å². The number of nitrogens with two attached hydrogens (primary N) is 2. The number of hydrogen-bond acceptors (Lipinski definition) is 2. The third-order valence-corrected chi connectivity index (χ3v) is 4.27. The zero-order valence-electron chi connectivity index (χ0n) is 14.3. The summed E-state index contributed by atoms with van der Waals surface area (Å²) in [5.74, 6) is 0.129. The molecule has 3 heteroatoms. The quantitative estimate of drug-likeness (QED) is 0.210. The number of rotatable bonds is 16. The smallest absolute Gasteiger partial charge is 0.108 e. The zero-order chi connectivity index (χ0) is 15.8. The molecule has 21 heavy (non-hydrogen) atoms. The highest BCUT2D eigenvalue weighted by atomic mass is 14.8. The Bertz CT molecular complexity index is 229. The predicted molar refractivity (Wildman–Crippen MR) is 94.8 cm³/mol. The van der Waals surface area contributed by atoms with E-state index in [4.69, 9.17) is 16.9 Å². The molecule has 0 heterocycles. The number of amidine groups is 1. The maximum atomic E-state index is 7.23. The zero-order valence-corrected chi connectivity index (χ0v) is 14.3. The number of unbranched alkanes of at least 4 members (excludes halogenated alkanes) is 13. The summed E-state index contributed by atoms with van der Waals surface area (Å²) in [5, 5.41) is 7.23. The molecule has 0 spiro atoms. The molecule has 1 unspecified atom stereocenters. The minimum absolute atomic E-state index is 0.129. The van der Waals surface area contributed by atoms with E-state index in [1.165, 1.54) is 83.5 Å². The van der Waals surface area contributed by atoms with Gasteiger partial charge in [0, 0.05) is 0 Å². The molecule has 0 aromatic carbocycles. The van der Waals surface area contributed by atoms with Crippen LogP contribution in [0.3, 0.4) is 0 Å². The van der Waals surface area contributed by atoms with Crippen molar-refractivity contribution in [3.63, 3.8) is 0 Å². The lowest BCUT2D eigenvalue weighted by molar-refractivity contribution is 0.529. The molecule has 0 saturated heterocycles. The molecule has 0 fully saturated rings. The highest BCUT2D eigenvalue weighted by Gasteiger charge is 2.04. The van der Waals surface area contributed by atoms with E-state index in [-0.39, 0.29) is 11.9 Å². The normalized spacial score (nSPS) is 12.5. The van der Waals surface area contributed by atoms with Crippen LogP contribution in [-0.2, 0) is 0 Å². The summed E-state index contributed by atoms with van der Waals surface area (Å²) < 4.78 is 0. The molecule has 0 rings (SSSR count). The molecule has 0 aromatic rings. The van der Waals surface area contributed by atoms with Crippen LogP contribution < -0.4 is 11.5 Å². The van der Waals surface area contributed by atoms with Crippen LogP contribution >= 0.6 is 0 Å². The van der Waals surface area contributed by atoms with Crippen molar-refractivity contribution in [2.45, 2.75) is 109 Å². The molecular formula is C18H39N3. The van der Waals surface area contributed by atoms with Crippen molar-refractivity contribution in [1.29, 1.82) is 5.41 Å². The van der Waals surface area contributed by atoms with Crippen LogP contribution in [0.25, 0.3) is 0 Å². The van der Waals surface area contributed by atoms with Crippen LogP contribution in [-0.4, -0.2) is 11.9 Å². The van der Waals surface area contributed by atoms with E-state index in [1.54, 1.807) is 0 Å². The average Bonchev–Trinajstić information content (AvgIpc) is 2.47. The Morgan fingerprint density at radius 2 is 1.05 bits per heavy atom. The Balaban J connectivity index is 3.04. The van der Waals surface area contributed by atoms with E-state index in [9.17, 15) is 0 Å². The average molecular weight is 298 g/mol. The Kier molecular flexibility index (Phi) is 15.4. The van der Waals surface area contributed by atoms with Crippen molar-refractivity contribution >= 4 is 5.84 Å². The molecule has 0 aliphatic rings. The van der Waals surface area contributed by atoms with Gasteiger partial charge in [-0.1, -0.05) is 96.8 Å². The molecular weight excluding hydrogens is 258 g/mol. The van der Waals surface area contributed by atoms with Gasteiger partial charge in [0.15, 0.2) is 0 Å². The SMILES string of the molecule is CCCCCCCCCCCCCCCCC(N)C(=N)N. The van der Waals surface area contributed by atoms with Crippen LogP contribution in [0.2, 0.25) is 0 Å². The standard InChI is InChI=1S/C18H39N3/c1-2-3-4-5-6-7-8-9-10-11-12-13-14-15-16-17(19)18(20)21/h17H,2-16,19H2,1H3,(H3,20,21). The van der Waals surface area contributed by atoms with Crippen molar-refractivity contribution in [2.24, 2.45) is 11.5 Å². The molecule has 0 saturated carbocycles. The monoisotopic (exact) mass is 297 g/mol. The van der Waals surface area contributed by atoms with Gasteiger partial charge in [-0.3, -0.25) is 5.41 Å². The largest absolute Gasteiger partial charge is 0.386 e. The Hall–Kier alpha value is -0.570. The van der Waals surface area contributed by atoms with Crippen LogP contribution in [0, 0.1) is 5.41 Å². The summed E-state index contributed by atoms with van der Waals surface area (Å²) in [6.45, 7) is 2.28. The predicted octanol–water partition coefficient (Wildman–Crippen LogP) is 5.12. The van der Waals surface area contributed by atoms with Gasteiger partial charge in [-0.2, -0.15) is 0 Å². The summed E-state index contributed by atoms with van der Waals surface area (Å²) in [6.07, 6.45) is 20.0. The Labute approximate surface area is 132 Å². The topological polar surface area (TPSA) is 75.9 Å². The molecule has 0 aliphatic heterocycles. The molecule has 0 aliphatic carbocycles. The van der Waals surface area contributed by atoms with Crippen molar-refractivity contribution in [3.05, 3.63) is 0 Å². The molecule has 0 amide bonds. The maximum Gasteiger partial charge on any atom is 0.108 e. The van der Waals surface area contributed by atoms with Crippen molar-refractivity contribution in [2.75, 3.05) is 0 Å². The van der Waals surface area contributed by atoms with Gasteiger partial charge in [-0.05, 0) is 6.42 Å². The third kappa shape index (κ3) is 15.6. The second-order valence-corrected chi connectivity index (χ2v) is 6.45. The minimum Gasteiger partial charge on any atom is -0.386 e. The van der Waals surface area contributed by atoms with Crippen molar-refractivity contribution in [1.82, 2.24) is 0 Å². The fourth-order valence-corrected chi connectivity index (χ4v) is 2.71. The van der Waals surface area contributed by atoms with Crippen LogP contribution in [0.15, 0.2) is 0 Å². The molecule has 1 atom stereocenters. The van der Waals surface area contributed by atoms with Gasteiger partial charge < -0.3 is 11.5 Å². The van der Waals surface area contributed by atoms with E-state index in [2.05, 4.69) is 6.92 Å². The summed E-state index contributed by atoms with van der Waals surface area (Å²) in [5.41, 5.74) is 11.1. The summed E-state index contributed by atoms with van der Waals surface area (Å²) >= 11 is 0. The van der Waals surface area contributed by atoms with Crippen molar-refractivity contribution < 1.29 is 0 Å². The first-order valence-corrected chi connectivity index (χ1v) is 9.28. The molecule has 0 radical (unpaired) electrons. The maximum absolute atomic E-state index is 7.23. The minimum atomic E-state index is -0.220. The first-order chi connectivity index (χ1) is 10.2. The summed E-state index contributed by atoms with van der Waals surface area (Å²) in [7, 11) is 0. The van der Waals surface area contributed by atoms with Crippen LogP contribution in [0.5, 0.6) is 0 Å². The van der Waals surface area contributed by atoms with Crippen LogP contribution in [0.4, 0.5) is 0 Å². The first kappa shape index (κ1) is 20.4. The third-order valence-electron chi connectivity index (χ3n) is 4.27. The summed E-state index contributed by atoms with van der Waals surface area (Å²) in [6, 6.07) is -0.220. The van der Waals surface area contributed by atoms with E-state index in [1.807, 2.05) is 0 Å². The van der Waals surface area contributed by atoms with Gasteiger partial charge in [0.05, 0.1) is 6.04 Å². The van der Waals surface area contributed by atoms with E-state index >= 15 is 0 Å². The first-order valence-electron chi connectivity index (χ1n) is 9.28. The fourth-order valence-electron chi connectivity index (χ4n) is 2.71. The van der Waals surface area contributed by atoms with Crippen molar-refractivity contribution in [3.8, 4) is 0 Å². The lowest BCUT2D eigenvalue weighted by Gasteiger charge is -2.08.